The number of aliphatic carboxylic acids is 1. The Kier molecular flexibility index (Phi) is 4.50. The van der Waals surface area contributed by atoms with E-state index in [9.17, 15) is 19.5 Å². The molecular formula is C13H19NO4S. The smallest absolute Gasteiger partial charge is 0.326 e. The van der Waals surface area contributed by atoms with E-state index < -0.39 is 12.0 Å². The molecule has 0 radical (unpaired) electrons. The van der Waals surface area contributed by atoms with Gasteiger partial charge in [0.15, 0.2) is 0 Å². The van der Waals surface area contributed by atoms with Gasteiger partial charge in [-0.3, -0.25) is 14.5 Å². The van der Waals surface area contributed by atoms with E-state index in [0.717, 1.165) is 30.6 Å². The fraction of sp³-hybridized carbons (Fsp3) is 0.769. The molecule has 0 aromatic carbocycles. The number of hydrogen-bond donors (Lipinski definition) is 1. The lowest BCUT2D eigenvalue weighted by Crippen LogP contribution is -2.45. The third-order valence-corrected chi connectivity index (χ3v) is 4.71. The summed E-state index contributed by atoms with van der Waals surface area (Å²) in [6.07, 6.45) is 5.56. The molecule has 2 rings (SSSR count). The number of carboxylic acids is 1. The second-order valence-electron chi connectivity index (χ2n) is 5.18. The lowest BCUT2D eigenvalue weighted by atomic mass is 9.81. The predicted octanol–water partition coefficient (Wildman–Crippen LogP) is 1.37. The first-order valence-electron chi connectivity index (χ1n) is 6.66. The average molecular weight is 285 g/mol. The Labute approximate surface area is 116 Å². The molecule has 0 unspecified atom stereocenters. The Morgan fingerprint density at radius 2 is 1.84 bits per heavy atom. The molecule has 3 atom stereocenters. The number of hydrogen-bond acceptors (Lipinski definition) is 4. The van der Waals surface area contributed by atoms with Crippen LogP contribution in [0.3, 0.4) is 0 Å². The van der Waals surface area contributed by atoms with E-state index in [-0.39, 0.29) is 23.7 Å². The lowest BCUT2D eigenvalue weighted by molar-refractivity contribution is -0.155. The van der Waals surface area contributed by atoms with Crippen molar-refractivity contribution in [3.05, 3.63) is 0 Å². The molecule has 0 aromatic rings. The quantitative estimate of drug-likeness (QED) is 0.772. The van der Waals surface area contributed by atoms with Crippen molar-refractivity contribution in [2.45, 2.75) is 38.1 Å². The molecule has 6 heteroatoms. The Balaban J connectivity index is 2.19. The van der Waals surface area contributed by atoms with E-state index in [4.69, 9.17) is 0 Å². The summed E-state index contributed by atoms with van der Waals surface area (Å²) in [5.74, 6) is -1.50. The molecule has 1 aliphatic carbocycles. The van der Waals surface area contributed by atoms with Crippen LogP contribution in [0, 0.1) is 11.8 Å². The number of carboxylic acid groups (broad SMARTS) is 1. The molecule has 2 amide bonds. The topological polar surface area (TPSA) is 74.7 Å². The number of carbonyl (C=O) groups excluding carboxylic acids is 2. The normalized spacial score (nSPS) is 28.4. The SMILES string of the molecule is CSCC[C@H](C(=O)O)N1C(=O)[C@H]2CCCC[C@H]2C1=O. The molecule has 5 nitrogen and oxygen atoms in total. The number of thioether (sulfide) groups is 1. The standard InChI is InChI=1S/C13H19NO4S/c1-19-7-6-10(13(17)18)14-11(15)8-4-2-3-5-9(8)12(14)16/h8-10H,2-7H2,1H3,(H,17,18)/t8-,9+,10-/m1/s1. The van der Waals surface area contributed by atoms with Gasteiger partial charge in [-0.1, -0.05) is 12.8 Å². The van der Waals surface area contributed by atoms with E-state index in [0.29, 0.717) is 12.2 Å². The van der Waals surface area contributed by atoms with Crippen molar-refractivity contribution in [1.82, 2.24) is 4.90 Å². The number of imide groups is 1. The van der Waals surface area contributed by atoms with E-state index in [1.807, 2.05) is 6.26 Å². The number of carbonyl (C=O) groups is 3. The Morgan fingerprint density at radius 3 is 2.26 bits per heavy atom. The molecule has 0 spiro atoms. The minimum Gasteiger partial charge on any atom is -0.480 e. The second-order valence-corrected chi connectivity index (χ2v) is 6.17. The van der Waals surface area contributed by atoms with Gasteiger partial charge in [0.05, 0.1) is 11.8 Å². The lowest BCUT2D eigenvalue weighted by Gasteiger charge is -2.22. The third-order valence-electron chi connectivity index (χ3n) is 4.07. The van der Waals surface area contributed by atoms with Crippen LogP contribution in [-0.4, -0.2) is 45.8 Å². The zero-order valence-corrected chi connectivity index (χ0v) is 11.8. The summed E-state index contributed by atoms with van der Waals surface area (Å²) in [5.41, 5.74) is 0. The Morgan fingerprint density at radius 1 is 1.32 bits per heavy atom. The van der Waals surface area contributed by atoms with Gasteiger partial charge in [0.25, 0.3) is 0 Å². The highest BCUT2D eigenvalue weighted by molar-refractivity contribution is 7.98. The maximum Gasteiger partial charge on any atom is 0.326 e. The molecule has 1 saturated carbocycles. The van der Waals surface area contributed by atoms with Gasteiger partial charge in [-0.2, -0.15) is 11.8 Å². The third kappa shape index (κ3) is 2.63. The highest BCUT2D eigenvalue weighted by atomic mass is 32.2. The van der Waals surface area contributed by atoms with Crippen LogP contribution in [0.25, 0.3) is 0 Å². The fourth-order valence-electron chi connectivity index (χ4n) is 3.09. The minimum absolute atomic E-state index is 0.261. The molecule has 1 aliphatic heterocycles. The molecule has 0 aromatic heterocycles. The Hall–Kier alpha value is -1.04. The van der Waals surface area contributed by atoms with Crippen LogP contribution in [0.4, 0.5) is 0 Å². The zero-order valence-electron chi connectivity index (χ0n) is 11.0. The number of amides is 2. The molecule has 1 N–H and O–H groups in total. The van der Waals surface area contributed by atoms with Crippen LogP contribution >= 0.6 is 11.8 Å². The molecule has 1 heterocycles. The van der Waals surface area contributed by atoms with Gasteiger partial charge in [0.2, 0.25) is 11.8 Å². The maximum atomic E-state index is 12.3. The monoisotopic (exact) mass is 285 g/mol. The molecule has 0 bridgehead atoms. The summed E-state index contributed by atoms with van der Waals surface area (Å²) >= 11 is 1.52. The predicted molar refractivity (Wildman–Crippen MR) is 71.7 cm³/mol. The van der Waals surface area contributed by atoms with Gasteiger partial charge in [-0.25, -0.2) is 4.79 Å². The summed E-state index contributed by atoms with van der Waals surface area (Å²) in [6, 6.07) is -0.988. The zero-order chi connectivity index (χ0) is 14.0. The molecule has 1 saturated heterocycles. The van der Waals surface area contributed by atoms with Crippen LogP contribution in [0.1, 0.15) is 32.1 Å². The summed E-state index contributed by atoms with van der Waals surface area (Å²) in [7, 11) is 0. The van der Waals surface area contributed by atoms with Crippen molar-refractivity contribution in [3.63, 3.8) is 0 Å². The second kappa shape index (κ2) is 5.94. The van der Waals surface area contributed by atoms with Crippen molar-refractivity contribution in [2.75, 3.05) is 12.0 Å². The van der Waals surface area contributed by atoms with Crippen molar-refractivity contribution in [1.29, 1.82) is 0 Å². The van der Waals surface area contributed by atoms with E-state index in [2.05, 4.69) is 0 Å². The Bertz CT molecular complexity index is 374. The van der Waals surface area contributed by atoms with Gasteiger partial charge in [0.1, 0.15) is 6.04 Å². The van der Waals surface area contributed by atoms with Crippen LogP contribution < -0.4 is 0 Å². The van der Waals surface area contributed by atoms with E-state index in [1.165, 1.54) is 11.8 Å². The molecule has 2 aliphatic rings. The molecular weight excluding hydrogens is 266 g/mol. The number of rotatable bonds is 5. The van der Waals surface area contributed by atoms with E-state index >= 15 is 0 Å². The first-order chi connectivity index (χ1) is 9.07. The van der Waals surface area contributed by atoms with Crippen molar-refractivity contribution >= 4 is 29.5 Å². The summed E-state index contributed by atoms with van der Waals surface area (Å²) in [6.45, 7) is 0. The highest BCUT2D eigenvalue weighted by Crippen LogP contribution is 2.39. The first-order valence-corrected chi connectivity index (χ1v) is 8.06. The minimum atomic E-state index is -1.07. The van der Waals surface area contributed by atoms with E-state index in [1.54, 1.807) is 0 Å². The van der Waals surface area contributed by atoms with Crippen LogP contribution in [-0.2, 0) is 14.4 Å². The summed E-state index contributed by atoms with van der Waals surface area (Å²) in [5, 5.41) is 9.27. The number of likely N-dealkylation sites (tertiary alicyclic amines) is 1. The average Bonchev–Trinajstić information content (AvgIpc) is 2.64. The fourth-order valence-corrected chi connectivity index (χ4v) is 3.55. The highest BCUT2D eigenvalue weighted by Gasteiger charge is 2.51. The van der Waals surface area contributed by atoms with Crippen LogP contribution in [0.2, 0.25) is 0 Å². The van der Waals surface area contributed by atoms with Gasteiger partial charge in [-0.05, 0) is 31.3 Å². The summed E-state index contributed by atoms with van der Waals surface area (Å²) < 4.78 is 0. The maximum absolute atomic E-state index is 12.3. The van der Waals surface area contributed by atoms with Crippen molar-refractivity contribution in [2.24, 2.45) is 11.8 Å². The van der Waals surface area contributed by atoms with Crippen LogP contribution in [0.5, 0.6) is 0 Å². The first kappa shape index (κ1) is 14.4. The van der Waals surface area contributed by atoms with Gasteiger partial charge >= 0.3 is 5.97 Å². The van der Waals surface area contributed by atoms with Gasteiger partial charge in [-0.15, -0.1) is 0 Å². The molecule has 19 heavy (non-hydrogen) atoms. The molecule has 2 fully saturated rings. The van der Waals surface area contributed by atoms with Crippen molar-refractivity contribution < 1.29 is 19.5 Å². The number of nitrogens with zero attached hydrogens (tertiary/aromatic N) is 1. The molecule has 106 valence electrons. The van der Waals surface area contributed by atoms with Gasteiger partial charge in [0, 0.05) is 0 Å². The largest absolute Gasteiger partial charge is 0.480 e. The number of fused-ring (bicyclic) bond motifs is 1. The summed E-state index contributed by atoms with van der Waals surface area (Å²) in [4.78, 5) is 37.0. The van der Waals surface area contributed by atoms with Gasteiger partial charge < -0.3 is 5.11 Å². The van der Waals surface area contributed by atoms with Crippen LogP contribution in [0.15, 0.2) is 0 Å². The van der Waals surface area contributed by atoms with Crippen molar-refractivity contribution in [3.8, 4) is 0 Å².